The van der Waals surface area contributed by atoms with E-state index in [1.165, 1.54) is 0 Å². The molecule has 0 atom stereocenters. The van der Waals surface area contributed by atoms with Crippen LogP contribution in [0.5, 0.6) is 0 Å². The summed E-state index contributed by atoms with van der Waals surface area (Å²) in [5.74, 6) is -3.09. The fraction of sp³-hybridized carbons (Fsp3) is 0.0833. The van der Waals surface area contributed by atoms with Gasteiger partial charge in [0.05, 0.1) is 31.2 Å². The van der Waals surface area contributed by atoms with E-state index in [1.54, 1.807) is 24.7 Å². The third-order valence-electron chi connectivity index (χ3n) is 5.21. The van der Waals surface area contributed by atoms with Gasteiger partial charge in [-0.1, -0.05) is 12.1 Å². The van der Waals surface area contributed by atoms with Crippen molar-refractivity contribution in [2.24, 2.45) is 0 Å². The molecule has 0 unspecified atom stereocenters. The van der Waals surface area contributed by atoms with Crippen molar-refractivity contribution < 1.29 is 18.3 Å². The summed E-state index contributed by atoms with van der Waals surface area (Å²) in [5.41, 5.74) is 3.02. The van der Waals surface area contributed by atoms with Gasteiger partial charge in [0.2, 0.25) is 0 Å². The number of hydrogen-bond donors (Lipinski definition) is 0. The molecule has 158 valence electrons. The normalized spacial score (nSPS) is 11.2. The largest absolute Gasteiger partial charge is 0.465 e. The lowest BCUT2D eigenvalue weighted by Gasteiger charge is -2.08. The van der Waals surface area contributed by atoms with Crippen molar-refractivity contribution in [3.8, 4) is 11.3 Å². The first-order valence-corrected chi connectivity index (χ1v) is 9.77. The minimum Gasteiger partial charge on any atom is -0.465 e. The number of aromatic nitrogens is 4. The van der Waals surface area contributed by atoms with Gasteiger partial charge in [-0.2, -0.15) is 0 Å². The minimum atomic E-state index is -1.07. The lowest BCUT2D eigenvalue weighted by molar-refractivity contribution is 0.0590. The molecule has 0 fully saturated rings. The number of benzene rings is 2. The van der Waals surface area contributed by atoms with Gasteiger partial charge in [-0.25, -0.2) is 23.5 Å². The van der Waals surface area contributed by atoms with Crippen molar-refractivity contribution in [3.05, 3.63) is 89.9 Å². The van der Waals surface area contributed by atoms with Gasteiger partial charge in [0.15, 0.2) is 5.65 Å². The highest BCUT2D eigenvalue weighted by Gasteiger charge is 2.20. The Kier molecular flexibility index (Phi) is 4.82. The van der Waals surface area contributed by atoms with Crippen molar-refractivity contribution >= 4 is 28.0 Å². The number of methoxy groups -OCH3 is 1. The quantitative estimate of drug-likeness (QED) is 0.385. The second-order valence-corrected chi connectivity index (χ2v) is 7.25. The molecule has 6 nitrogen and oxygen atoms in total. The molecule has 0 spiro atoms. The van der Waals surface area contributed by atoms with Crippen molar-refractivity contribution in [2.45, 2.75) is 6.54 Å². The first-order chi connectivity index (χ1) is 15.5. The number of halogens is 2. The summed E-state index contributed by atoms with van der Waals surface area (Å²) < 4.78 is 35.1. The van der Waals surface area contributed by atoms with Crippen molar-refractivity contribution in [2.75, 3.05) is 7.11 Å². The molecule has 5 aromatic rings. The van der Waals surface area contributed by atoms with Crippen LogP contribution in [0.3, 0.4) is 0 Å². The van der Waals surface area contributed by atoms with Crippen LogP contribution < -0.4 is 0 Å². The first kappa shape index (κ1) is 19.7. The SMILES string of the molecule is COC(=O)c1c(F)cc(-c2ccc3ncn(Cc4ccc5ncccc5c4)c3n2)cc1F. The molecule has 0 saturated carbocycles. The molecule has 3 aromatic heterocycles. The molecular formula is C24H16F2N4O2. The summed E-state index contributed by atoms with van der Waals surface area (Å²) in [6.45, 7) is 0.516. The number of carbonyl (C=O) groups excluding carboxylic acids is 1. The van der Waals surface area contributed by atoms with Gasteiger partial charge in [0.25, 0.3) is 0 Å². The number of carbonyl (C=O) groups is 1. The fourth-order valence-corrected chi connectivity index (χ4v) is 3.65. The molecule has 0 aliphatic carbocycles. The second-order valence-electron chi connectivity index (χ2n) is 7.25. The highest BCUT2D eigenvalue weighted by molar-refractivity contribution is 5.90. The Morgan fingerprint density at radius 2 is 1.78 bits per heavy atom. The van der Waals surface area contributed by atoms with Gasteiger partial charge in [0.1, 0.15) is 22.7 Å². The first-order valence-electron chi connectivity index (χ1n) is 9.77. The molecule has 3 heterocycles. The van der Waals surface area contributed by atoms with Crippen LogP contribution in [-0.2, 0) is 11.3 Å². The molecule has 0 bridgehead atoms. The molecule has 0 N–H and O–H groups in total. The van der Waals surface area contributed by atoms with Crippen LogP contribution in [0, 0.1) is 11.6 Å². The van der Waals surface area contributed by atoms with Gasteiger partial charge in [-0.3, -0.25) is 4.98 Å². The van der Waals surface area contributed by atoms with E-state index in [0.717, 1.165) is 35.7 Å². The monoisotopic (exact) mass is 430 g/mol. The summed E-state index contributed by atoms with van der Waals surface area (Å²) in [6, 6.07) is 15.4. The van der Waals surface area contributed by atoms with Crippen LogP contribution in [0.2, 0.25) is 0 Å². The fourth-order valence-electron chi connectivity index (χ4n) is 3.65. The Morgan fingerprint density at radius 3 is 2.56 bits per heavy atom. The van der Waals surface area contributed by atoms with Crippen LogP contribution in [0.4, 0.5) is 8.78 Å². The van der Waals surface area contributed by atoms with Gasteiger partial charge in [0, 0.05) is 17.1 Å². The summed E-state index contributed by atoms with van der Waals surface area (Å²) >= 11 is 0. The van der Waals surface area contributed by atoms with Gasteiger partial charge < -0.3 is 9.30 Å². The molecule has 0 aliphatic heterocycles. The van der Waals surface area contributed by atoms with Crippen molar-refractivity contribution in [3.63, 3.8) is 0 Å². The lowest BCUT2D eigenvalue weighted by Crippen LogP contribution is -2.08. The number of esters is 1. The van der Waals surface area contributed by atoms with Crippen LogP contribution in [0.15, 0.2) is 67.1 Å². The summed E-state index contributed by atoms with van der Waals surface area (Å²) in [5, 5.41) is 1.03. The molecule has 5 rings (SSSR count). The third kappa shape index (κ3) is 3.45. The molecule has 0 radical (unpaired) electrons. The van der Waals surface area contributed by atoms with Crippen LogP contribution in [-0.4, -0.2) is 32.6 Å². The van der Waals surface area contributed by atoms with Gasteiger partial charge in [-0.15, -0.1) is 0 Å². The number of fused-ring (bicyclic) bond motifs is 2. The highest BCUT2D eigenvalue weighted by Crippen LogP contribution is 2.26. The van der Waals surface area contributed by atoms with Gasteiger partial charge >= 0.3 is 5.97 Å². The van der Waals surface area contributed by atoms with Crippen LogP contribution in [0.25, 0.3) is 33.3 Å². The topological polar surface area (TPSA) is 69.9 Å². The van der Waals surface area contributed by atoms with Crippen molar-refractivity contribution in [1.82, 2.24) is 19.5 Å². The van der Waals surface area contributed by atoms with Gasteiger partial charge in [-0.05, 0) is 48.0 Å². The average molecular weight is 430 g/mol. The van der Waals surface area contributed by atoms with E-state index in [-0.39, 0.29) is 5.56 Å². The molecule has 0 aliphatic rings. The number of pyridine rings is 2. The maximum atomic E-state index is 14.4. The third-order valence-corrected chi connectivity index (χ3v) is 5.21. The van der Waals surface area contributed by atoms with E-state index >= 15 is 0 Å². The van der Waals surface area contributed by atoms with Crippen LogP contribution in [0.1, 0.15) is 15.9 Å². The van der Waals surface area contributed by atoms with E-state index in [2.05, 4.69) is 19.7 Å². The molecular weight excluding hydrogens is 414 g/mol. The molecule has 2 aromatic carbocycles. The maximum absolute atomic E-state index is 14.4. The number of hydrogen-bond acceptors (Lipinski definition) is 5. The standard InChI is InChI=1S/C24H16F2N4O2/c1-32-24(31)22-17(25)10-16(11-18(22)26)20-6-7-21-23(29-20)30(13-28-21)12-14-4-5-19-15(9-14)3-2-8-27-19/h2-11,13H,12H2,1H3. The number of rotatable bonds is 4. The zero-order valence-corrected chi connectivity index (χ0v) is 16.9. The lowest BCUT2D eigenvalue weighted by atomic mass is 10.1. The molecule has 32 heavy (non-hydrogen) atoms. The predicted octanol–water partition coefficient (Wildman–Crippen LogP) is 4.76. The summed E-state index contributed by atoms with van der Waals surface area (Å²) in [7, 11) is 1.07. The zero-order valence-electron chi connectivity index (χ0n) is 16.9. The predicted molar refractivity (Wildman–Crippen MR) is 115 cm³/mol. The Labute approximate surface area is 181 Å². The van der Waals surface area contributed by atoms with Crippen molar-refractivity contribution in [1.29, 1.82) is 0 Å². The Morgan fingerprint density at radius 1 is 1.00 bits per heavy atom. The molecule has 0 saturated heterocycles. The van der Waals surface area contributed by atoms with Crippen LogP contribution >= 0.6 is 0 Å². The Hall–Kier alpha value is -4.20. The molecule has 8 heteroatoms. The smallest absolute Gasteiger partial charge is 0.343 e. The maximum Gasteiger partial charge on any atom is 0.343 e. The highest BCUT2D eigenvalue weighted by atomic mass is 19.1. The van der Waals surface area contributed by atoms with E-state index in [1.807, 2.05) is 34.9 Å². The minimum absolute atomic E-state index is 0.207. The number of imidazole rings is 1. The second kappa shape index (κ2) is 7.81. The summed E-state index contributed by atoms with van der Waals surface area (Å²) in [6.07, 6.45) is 3.43. The van der Waals surface area contributed by atoms with E-state index in [0.29, 0.717) is 23.4 Å². The summed E-state index contributed by atoms with van der Waals surface area (Å²) in [4.78, 5) is 24.9. The Balaban J connectivity index is 1.53. The zero-order chi connectivity index (χ0) is 22.2. The number of nitrogens with zero attached hydrogens (tertiary/aromatic N) is 4. The Bertz CT molecular complexity index is 1470. The van der Waals surface area contributed by atoms with E-state index < -0.39 is 23.2 Å². The van der Waals surface area contributed by atoms with E-state index in [4.69, 9.17) is 0 Å². The average Bonchev–Trinajstić information content (AvgIpc) is 3.20. The van der Waals surface area contributed by atoms with E-state index in [9.17, 15) is 13.6 Å². The molecule has 0 amide bonds. The number of ether oxygens (including phenoxy) is 1.